The van der Waals surface area contributed by atoms with Crippen LogP contribution < -0.4 is 15.8 Å². The van der Waals surface area contributed by atoms with Gasteiger partial charge in [0.1, 0.15) is 6.04 Å². The standard InChI is InChI=1S/C21H22N4O5S3/c1-12-4-6-14-18(10-12)32-20(22-14)23-19(26)15(8-9-31-3)24-33(28,29)13-5-7-16-17(11-13)30-21(27)25(16)2/h4-7,10-11,15,24H,8-9H2,1-3H3,(H,22,23,26)/t15-/m0/s1. The molecule has 0 spiro atoms. The van der Waals surface area contributed by atoms with Crippen LogP contribution in [0.5, 0.6) is 0 Å². The van der Waals surface area contributed by atoms with Crippen molar-refractivity contribution in [1.29, 1.82) is 0 Å². The van der Waals surface area contributed by atoms with E-state index in [1.807, 2.05) is 31.4 Å². The Morgan fingerprint density at radius 3 is 2.82 bits per heavy atom. The normalized spacial score (nSPS) is 12.9. The fraction of sp³-hybridized carbons (Fsp3) is 0.286. The SMILES string of the molecule is CSCC[C@H](NS(=O)(=O)c1ccc2c(c1)oc(=O)n2C)C(=O)Nc1nc2ccc(C)cc2s1. The minimum Gasteiger partial charge on any atom is -0.408 e. The van der Waals surface area contributed by atoms with Crippen LogP contribution in [0.15, 0.2) is 50.5 Å². The summed E-state index contributed by atoms with van der Waals surface area (Å²) in [4.78, 5) is 29.0. The second-order valence-electron chi connectivity index (χ2n) is 7.49. The molecule has 0 saturated carbocycles. The van der Waals surface area contributed by atoms with Gasteiger partial charge in [-0.1, -0.05) is 17.4 Å². The molecule has 0 aliphatic heterocycles. The molecule has 4 aromatic rings. The molecule has 2 heterocycles. The van der Waals surface area contributed by atoms with Gasteiger partial charge in [-0.2, -0.15) is 16.5 Å². The molecule has 0 fully saturated rings. The molecule has 0 radical (unpaired) electrons. The number of nitrogens with zero attached hydrogens (tertiary/aromatic N) is 2. The lowest BCUT2D eigenvalue weighted by Crippen LogP contribution is -2.44. The quantitative estimate of drug-likeness (QED) is 0.376. The highest BCUT2D eigenvalue weighted by molar-refractivity contribution is 7.98. The first-order chi connectivity index (χ1) is 15.7. The van der Waals surface area contributed by atoms with Crippen molar-refractivity contribution >= 4 is 65.5 Å². The summed E-state index contributed by atoms with van der Waals surface area (Å²) in [7, 11) is -2.53. The number of aryl methyl sites for hydroxylation is 2. The molecule has 0 saturated heterocycles. The minimum atomic E-state index is -4.06. The predicted octanol–water partition coefficient (Wildman–Crippen LogP) is 3.09. The first kappa shape index (κ1) is 23.5. The Morgan fingerprint density at radius 2 is 2.06 bits per heavy atom. The molecule has 0 bridgehead atoms. The van der Waals surface area contributed by atoms with Crippen molar-refractivity contribution in [3.8, 4) is 0 Å². The van der Waals surface area contributed by atoms with Gasteiger partial charge in [-0.3, -0.25) is 9.36 Å². The second kappa shape index (κ2) is 9.29. The monoisotopic (exact) mass is 506 g/mol. The number of rotatable bonds is 8. The van der Waals surface area contributed by atoms with E-state index >= 15 is 0 Å². The third kappa shape index (κ3) is 4.98. The van der Waals surface area contributed by atoms with Crippen LogP contribution in [0.25, 0.3) is 21.3 Å². The Balaban J connectivity index is 1.58. The summed E-state index contributed by atoms with van der Waals surface area (Å²) in [5, 5.41) is 3.15. The van der Waals surface area contributed by atoms with E-state index in [1.165, 1.54) is 52.9 Å². The number of carbonyl (C=O) groups is 1. The third-order valence-corrected chi connectivity index (χ3v) is 8.12. The zero-order valence-electron chi connectivity index (χ0n) is 18.1. The van der Waals surface area contributed by atoms with Crippen molar-refractivity contribution < 1.29 is 17.6 Å². The van der Waals surface area contributed by atoms with Gasteiger partial charge in [0, 0.05) is 13.1 Å². The van der Waals surface area contributed by atoms with Gasteiger partial charge in [0.2, 0.25) is 15.9 Å². The summed E-state index contributed by atoms with van der Waals surface area (Å²) in [5.41, 5.74) is 2.47. The number of anilines is 1. The van der Waals surface area contributed by atoms with Crippen LogP contribution in [0.1, 0.15) is 12.0 Å². The van der Waals surface area contributed by atoms with Gasteiger partial charge in [-0.25, -0.2) is 18.2 Å². The number of amides is 1. The summed E-state index contributed by atoms with van der Waals surface area (Å²) < 4.78 is 35.9. The van der Waals surface area contributed by atoms with E-state index in [0.717, 1.165) is 15.8 Å². The second-order valence-corrected chi connectivity index (χ2v) is 11.2. The first-order valence-corrected chi connectivity index (χ1v) is 13.7. The fourth-order valence-corrected chi connectivity index (χ4v) is 5.98. The number of fused-ring (bicyclic) bond motifs is 2. The number of oxazole rings is 1. The molecule has 9 nitrogen and oxygen atoms in total. The fourth-order valence-electron chi connectivity index (χ4n) is 3.29. The van der Waals surface area contributed by atoms with E-state index in [2.05, 4.69) is 15.0 Å². The first-order valence-electron chi connectivity index (χ1n) is 9.97. The summed E-state index contributed by atoms with van der Waals surface area (Å²) >= 11 is 2.84. The van der Waals surface area contributed by atoms with Crippen LogP contribution in [-0.2, 0) is 21.9 Å². The van der Waals surface area contributed by atoms with Crippen LogP contribution >= 0.6 is 23.1 Å². The number of sulfonamides is 1. The Kier molecular flexibility index (Phi) is 6.61. The van der Waals surface area contributed by atoms with Crippen LogP contribution in [0, 0.1) is 6.92 Å². The molecule has 0 aliphatic carbocycles. The minimum absolute atomic E-state index is 0.0956. The number of thiazole rings is 1. The van der Waals surface area contributed by atoms with Crippen LogP contribution in [0.4, 0.5) is 5.13 Å². The number of nitrogens with one attached hydrogen (secondary N) is 2. The molecule has 0 unspecified atom stereocenters. The van der Waals surface area contributed by atoms with Crippen molar-refractivity contribution in [3.05, 3.63) is 52.5 Å². The largest absolute Gasteiger partial charge is 0.419 e. The Hall–Kier alpha value is -2.67. The predicted molar refractivity (Wildman–Crippen MR) is 132 cm³/mol. The van der Waals surface area contributed by atoms with Gasteiger partial charge in [0.25, 0.3) is 0 Å². The number of hydrogen-bond acceptors (Lipinski definition) is 8. The van der Waals surface area contributed by atoms with E-state index in [9.17, 15) is 18.0 Å². The molecule has 2 aromatic heterocycles. The van der Waals surface area contributed by atoms with E-state index < -0.39 is 27.7 Å². The van der Waals surface area contributed by atoms with Crippen molar-refractivity contribution in [2.45, 2.75) is 24.3 Å². The molecule has 1 amide bonds. The topological polar surface area (TPSA) is 123 Å². The van der Waals surface area contributed by atoms with Gasteiger partial charge in [-0.05, 0) is 55.2 Å². The molecule has 2 aromatic carbocycles. The van der Waals surface area contributed by atoms with E-state index in [1.54, 1.807) is 0 Å². The van der Waals surface area contributed by atoms with E-state index in [4.69, 9.17) is 4.42 Å². The Morgan fingerprint density at radius 1 is 1.27 bits per heavy atom. The van der Waals surface area contributed by atoms with E-state index in [-0.39, 0.29) is 10.5 Å². The van der Waals surface area contributed by atoms with Gasteiger partial charge in [-0.15, -0.1) is 0 Å². The van der Waals surface area contributed by atoms with E-state index in [0.29, 0.717) is 22.8 Å². The third-order valence-electron chi connectivity index (χ3n) is 5.07. The number of thioether (sulfide) groups is 1. The van der Waals surface area contributed by atoms with Gasteiger partial charge in [0.05, 0.1) is 20.6 Å². The number of benzene rings is 2. The molecular weight excluding hydrogens is 484 g/mol. The molecule has 4 rings (SSSR count). The lowest BCUT2D eigenvalue weighted by atomic mass is 10.2. The summed E-state index contributed by atoms with van der Waals surface area (Å²) in [6.07, 6.45) is 2.17. The number of aromatic nitrogens is 2. The zero-order valence-corrected chi connectivity index (χ0v) is 20.6. The molecule has 0 aliphatic rings. The molecule has 12 heteroatoms. The molecular formula is C21H22N4O5S3. The maximum Gasteiger partial charge on any atom is 0.419 e. The summed E-state index contributed by atoms with van der Waals surface area (Å²) in [5.74, 6) is -0.502. The van der Waals surface area contributed by atoms with Crippen molar-refractivity contribution in [2.75, 3.05) is 17.3 Å². The highest BCUT2D eigenvalue weighted by atomic mass is 32.2. The number of carbonyl (C=O) groups excluding carboxylic acids is 1. The average Bonchev–Trinajstić information content (AvgIpc) is 3.29. The number of hydrogen-bond donors (Lipinski definition) is 2. The lowest BCUT2D eigenvalue weighted by molar-refractivity contribution is -0.117. The lowest BCUT2D eigenvalue weighted by Gasteiger charge is -2.17. The van der Waals surface area contributed by atoms with Crippen LogP contribution in [-0.4, -0.2) is 41.9 Å². The maximum absolute atomic E-state index is 13.0. The average molecular weight is 507 g/mol. The van der Waals surface area contributed by atoms with Gasteiger partial charge >= 0.3 is 5.76 Å². The highest BCUT2D eigenvalue weighted by Gasteiger charge is 2.27. The summed E-state index contributed by atoms with van der Waals surface area (Å²) in [6, 6.07) is 8.94. The smallest absolute Gasteiger partial charge is 0.408 e. The van der Waals surface area contributed by atoms with Gasteiger partial charge in [0.15, 0.2) is 10.7 Å². The van der Waals surface area contributed by atoms with Crippen LogP contribution in [0.2, 0.25) is 0 Å². The Labute approximate surface area is 198 Å². The van der Waals surface area contributed by atoms with Crippen molar-refractivity contribution in [2.24, 2.45) is 7.05 Å². The zero-order chi connectivity index (χ0) is 23.8. The summed E-state index contributed by atoms with van der Waals surface area (Å²) in [6.45, 7) is 1.97. The highest BCUT2D eigenvalue weighted by Crippen LogP contribution is 2.27. The van der Waals surface area contributed by atoms with Gasteiger partial charge < -0.3 is 9.73 Å². The molecule has 2 N–H and O–H groups in total. The van der Waals surface area contributed by atoms with Crippen molar-refractivity contribution in [1.82, 2.24) is 14.3 Å². The molecule has 174 valence electrons. The van der Waals surface area contributed by atoms with Crippen molar-refractivity contribution in [3.63, 3.8) is 0 Å². The van der Waals surface area contributed by atoms with Crippen LogP contribution in [0.3, 0.4) is 0 Å². The Bertz CT molecular complexity index is 1500. The molecule has 33 heavy (non-hydrogen) atoms. The maximum atomic E-state index is 13.0. The molecule has 1 atom stereocenters.